The molecule has 0 saturated carbocycles. The minimum Gasteiger partial charge on any atom is -0.354 e. The fraction of sp³-hybridized carbons (Fsp3) is 0.0303. The van der Waals surface area contributed by atoms with E-state index in [1.807, 2.05) is 54.6 Å². The maximum absolute atomic E-state index is 14.5. The first kappa shape index (κ1) is 23.2. The molecule has 192 valence electrons. The molecule has 4 aromatic carbocycles. The number of benzene rings is 4. The predicted molar refractivity (Wildman–Crippen MR) is 158 cm³/mol. The van der Waals surface area contributed by atoms with Gasteiger partial charge in [0.2, 0.25) is 11.9 Å². The van der Waals surface area contributed by atoms with E-state index in [1.54, 1.807) is 11.8 Å². The number of hydrogen-bond donors (Lipinski definition) is 1. The highest BCUT2D eigenvalue weighted by Gasteiger charge is 2.42. The molecule has 1 atom stereocenters. The van der Waals surface area contributed by atoms with E-state index in [1.165, 1.54) is 12.1 Å². The Morgan fingerprint density at radius 1 is 0.700 bits per heavy atom. The van der Waals surface area contributed by atoms with Gasteiger partial charge in [0.05, 0.1) is 28.3 Å². The maximum atomic E-state index is 14.5. The fourth-order valence-electron chi connectivity index (χ4n) is 5.67. The van der Waals surface area contributed by atoms with Crippen molar-refractivity contribution in [2.75, 3.05) is 10.2 Å². The predicted octanol–water partition coefficient (Wildman–Crippen LogP) is 8.86. The number of aromatic nitrogens is 2. The molecule has 4 heterocycles. The average molecular weight is 543 g/mol. The Morgan fingerprint density at radius 3 is 2.30 bits per heavy atom. The highest BCUT2D eigenvalue weighted by molar-refractivity contribution is 8.00. The lowest BCUT2D eigenvalue weighted by molar-refractivity contribution is 0.515. The van der Waals surface area contributed by atoms with Gasteiger partial charge in [0, 0.05) is 21.4 Å². The summed E-state index contributed by atoms with van der Waals surface area (Å²) < 4.78 is 27.9. The molecule has 1 unspecified atom stereocenters. The Kier molecular flexibility index (Phi) is 5.15. The fourth-order valence-corrected chi connectivity index (χ4v) is 7.00. The van der Waals surface area contributed by atoms with Crippen LogP contribution in [0.25, 0.3) is 44.4 Å². The van der Waals surface area contributed by atoms with Crippen molar-refractivity contribution in [3.63, 3.8) is 0 Å². The van der Waals surface area contributed by atoms with Crippen LogP contribution in [0.5, 0.6) is 0 Å². The van der Waals surface area contributed by atoms with Gasteiger partial charge in [-0.05, 0) is 47.0 Å². The third-order valence-corrected chi connectivity index (χ3v) is 8.66. The van der Waals surface area contributed by atoms with Gasteiger partial charge < -0.3 is 10.2 Å². The molecule has 8 rings (SSSR count). The van der Waals surface area contributed by atoms with E-state index < -0.39 is 11.9 Å². The van der Waals surface area contributed by atoms with Gasteiger partial charge in [0.1, 0.15) is 0 Å². The van der Waals surface area contributed by atoms with Crippen molar-refractivity contribution >= 4 is 39.7 Å². The SMILES string of the molecule is Fc1ccc(-c2cccc(-c3cccc4c3SC3Nc5c(c(-c6ccccc6)nc6ccccc56)N43)c2)c(F)n1. The number of nitrogens with zero attached hydrogens (tertiary/aromatic N) is 3. The van der Waals surface area contributed by atoms with Crippen LogP contribution in [0, 0.1) is 11.9 Å². The van der Waals surface area contributed by atoms with E-state index in [9.17, 15) is 8.78 Å². The summed E-state index contributed by atoms with van der Waals surface area (Å²) in [5.74, 6) is -1.65. The molecule has 0 amide bonds. The van der Waals surface area contributed by atoms with Gasteiger partial charge in [0.15, 0.2) is 5.50 Å². The number of anilines is 3. The average Bonchev–Trinajstić information content (AvgIpc) is 3.54. The van der Waals surface area contributed by atoms with Crippen LogP contribution >= 0.6 is 11.8 Å². The molecule has 6 aromatic rings. The van der Waals surface area contributed by atoms with Crippen molar-refractivity contribution in [1.82, 2.24) is 9.97 Å². The summed E-state index contributed by atoms with van der Waals surface area (Å²) in [6.45, 7) is 0. The molecular weight excluding hydrogens is 522 g/mol. The van der Waals surface area contributed by atoms with Gasteiger partial charge in [-0.3, -0.25) is 0 Å². The van der Waals surface area contributed by atoms with Crippen LogP contribution in [0.15, 0.2) is 114 Å². The maximum Gasteiger partial charge on any atom is 0.223 e. The van der Waals surface area contributed by atoms with Crippen molar-refractivity contribution in [2.24, 2.45) is 0 Å². The summed E-state index contributed by atoms with van der Waals surface area (Å²) in [6, 6.07) is 35.1. The Balaban J connectivity index is 1.29. The number of rotatable bonds is 3. The monoisotopic (exact) mass is 542 g/mol. The minimum absolute atomic E-state index is 0.0388. The second-order valence-corrected chi connectivity index (χ2v) is 10.8. The smallest absolute Gasteiger partial charge is 0.223 e. The zero-order valence-electron chi connectivity index (χ0n) is 21.0. The zero-order chi connectivity index (χ0) is 26.8. The van der Waals surface area contributed by atoms with Crippen LogP contribution in [0.3, 0.4) is 0 Å². The third kappa shape index (κ3) is 3.51. The lowest BCUT2D eigenvalue weighted by Crippen LogP contribution is -2.24. The lowest BCUT2D eigenvalue weighted by Gasteiger charge is -2.21. The zero-order valence-corrected chi connectivity index (χ0v) is 21.8. The quantitative estimate of drug-likeness (QED) is 0.226. The standard InChI is InChI=1S/C33H20F2N4S/c34-27-17-16-23(32(35)37-27)21-11-6-10-20(18-21)22-13-7-15-26-31(22)40-33-38-29-24-12-4-5-14-25(24)36-28(30(29)39(26)33)19-8-2-1-3-9-19/h1-18,33,38H. The second kappa shape index (κ2) is 8.89. The Morgan fingerprint density at radius 2 is 1.45 bits per heavy atom. The van der Waals surface area contributed by atoms with Gasteiger partial charge in [-0.1, -0.05) is 90.6 Å². The number of fused-ring (bicyclic) bond motifs is 7. The molecule has 0 fully saturated rings. The van der Waals surface area contributed by atoms with E-state index in [-0.39, 0.29) is 11.1 Å². The van der Waals surface area contributed by atoms with Crippen LogP contribution in [0.4, 0.5) is 25.8 Å². The first-order valence-electron chi connectivity index (χ1n) is 12.9. The first-order chi connectivity index (χ1) is 19.7. The largest absolute Gasteiger partial charge is 0.354 e. The molecule has 0 bridgehead atoms. The molecule has 0 spiro atoms. The van der Waals surface area contributed by atoms with Crippen molar-refractivity contribution in [1.29, 1.82) is 0 Å². The van der Waals surface area contributed by atoms with E-state index in [0.717, 1.165) is 55.2 Å². The number of para-hydroxylation sites is 1. The Labute approximate surface area is 233 Å². The molecule has 0 radical (unpaired) electrons. The van der Waals surface area contributed by atoms with E-state index in [2.05, 4.69) is 57.7 Å². The van der Waals surface area contributed by atoms with Crippen molar-refractivity contribution in [3.05, 3.63) is 121 Å². The summed E-state index contributed by atoms with van der Waals surface area (Å²) in [5, 5.41) is 4.87. The lowest BCUT2D eigenvalue weighted by atomic mass is 9.99. The number of halogens is 2. The van der Waals surface area contributed by atoms with Gasteiger partial charge in [-0.25, -0.2) is 4.98 Å². The summed E-state index contributed by atoms with van der Waals surface area (Å²) in [4.78, 5) is 12.0. The third-order valence-electron chi connectivity index (χ3n) is 7.44. The Bertz CT molecular complexity index is 1960. The molecular formula is C33H20F2N4S. The highest BCUT2D eigenvalue weighted by atomic mass is 32.2. The molecule has 2 aliphatic heterocycles. The first-order valence-corrected chi connectivity index (χ1v) is 13.8. The molecule has 4 nitrogen and oxygen atoms in total. The van der Waals surface area contributed by atoms with E-state index >= 15 is 0 Å². The van der Waals surface area contributed by atoms with E-state index in [4.69, 9.17) is 4.98 Å². The molecule has 0 aliphatic carbocycles. The number of pyridine rings is 2. The topological polar surface area (TPSA) is 41.1 Å². The van der Waals surface area contributed by atoms with Gasteiger partial charge in [-0.2, -0.15) is 13.8 Å². The number of hydrogen-bond acceptors (Lipinski definition) is 5. The molecule has 2 aromatic heterocycles. The van der Waals surface area contributed by atoms with Gasteiger partial charge in [-0.15, -0.1) is 0 Å². The minimum atomic E-state index is -0.833. The normalized spacial score (nSPS) is 15.1. The van der Waals surface area contributed by atoms with E-state index in [0.29, 0.717) is 5.56 Å². The summed E-state index contributed by atoms with van der Waals surface area (Å²) in [7, 11) is 0. The molecule has 40 heavy (non-hydrogen) atoms. The van der Waals surface area contributed by atoms with Crippen LogP contribution in [0.2, 0.25) is 0 Å². The summed E-state index contributed by atoms with van der Waals surface area (Å²) >= 11 is 1.76. The van der Waals surface area contributed by atoms with Gasteiger partial charge in [0.25, 0.3) is 0 Å². The molecule has 7 heteroatoms. The molecule has 1 N–H and O–H groups in total. The highest BCUT2D eigenvalue weighted by Crippen LogP contribution is 2.59. The summed E-state index contributed by atoms with van der Waals surface area (Å²) in [6.07, 6.45) is 0. The number of thioether (sulfide) groups is 1. The van der Waals surface area contributed by atoms with Crippen LogP contribution in [-0.2, 0) is 0 Å². The van der Waals surface area contributed by atoms with Crippen LogP contribution in [0.1, 0.15) is 0 Å². The van der Waals surface area contributed by atoms with Gasteiger partial charge >= 0.3 is 0 Å². The molecule has 2 aliphatic rings. The number of nitrogens with one attached hydrogen (secondary N) is 1. The second-order valence-electron chi connectivity index (χ2n) is 9.76. The van der Waals surface area contributed by atoms with Crippen molar-refractivity contribution < 1.29 is 8.78 Å². The van der Waals surface area contributed by atoms with Crippen LogP contribution in [-0.4, -0.2) is 15.5 Å². The van der Waals surface area contributed by atoms with Crippen molar-refractivity contribution in [2.45, 2.75) is 10.4 Å². The summed E-state index contributed by atoms with van der Waals surface area (Å²) in [5.41, 5.74) is 9.06. The molecule has 0 saturated heterocycles. The van der Waals surface area contributed by atoms with Crippen LogP contribution < -0.4 is 10.2 Å². The van der Waals surface area contributed by atoms with Crippen molar-refractivity contribution in [3.8, 4) is 33.5 Å². The Hall–Kier alpha value is -4.75.